The molecule has 4 rings (SSSR count). The van der Waals surface area contributed by atoms with Crippen LogP contribution >= 0.6 is 0 Å². The van der Waals surface area contributed by atoms with Crippen molar-refractivity contribution in [1.29, 1.82) is 0 Å². The van der Waals surface area contributed by atoms with Gasteiger partial charge in [0, 0.05) is 16.9 Å². The first-order chi connectivity index (χ1) is 18.4. The summed E-state index contributed by atoms with van der Waals surface area (Å²) in [7, 11) is -7.29. The highest BCUT2D eigenvalue weighted by Crippen LogP contribution is 2.29. The molecule has 0 aliphatic carbocycles. The number of hydrogen-bond acceptors (Lipinski definition) is 7. The molecular formula is C26H21F2N3O6S2. The number of sulfonamides is 2. The average Bonchev–Trinajstić information content (AvgIpc) is 2.90. The Morgan fingerprint density at radius 1 is 0.821 bits per heavy atom. The van der Waals surface area contributed by atoms with Gasteiger partial charge in [-0.2, -0.15) is 4.31 Å². The van der Waals surface area contributed by atoms with Crippen molar-refractivity contribution in [2.75, 3.05) is 21.9 Å². The summed E-state index contributed by atoms with van der Waals surface area (Å²) in [5, 5.41) is 0. The molecule has 0 aliphatic heterocycles. The van der Waals surface area contributed by atoms with Gasteiger partial charge in [0.05, 0.1) is 22.6 Å². The van der Waals surface area contributed by atoms with Crippen LogP contribution in [0.2, 0.25) is 0 Å². The van der Waals surface area contributed by atoms with Crippen LogP contribution < -0.4 is 19.5 Å². The molecule has 39 heavy (non-hydrogen) atoms. The minimum atomic E-state index is -4.44. The lowest BCUT2D eigenvalue weighted by Crippen LogP contribution is -2.37. The van der Waals surface area contributed by atoms with Crippen LogP contribution in [0.25, 0.3) is 0 Å². The number of methoxy groups -OCH3 is 1. The molecule has 0 aliphatic rings. The van der Waals surface area contributed by atoms with Gasteiger partial charge in [-0.15, -0.1) is 0 Å². The van der Waals surface area contributed by atoms with E-state index in [2.05, 4.69) is 4.72 Å². The number of benzene rings is 4. The Bertz CT molecular complexity index is 1750. The summed E-state index contributed by atoms with van der Waals surface area (Å²) in [5.41, 5.74) is 5.86. The van der Waals surface area contributed by atoms with Gasteiger partial charge in [0.2, 0.25) is 0 Å². The fourth-order valence-electron chi connectivity index (χ4n) is 3.52. The molecule has 0 radical (unpaired) electrons. The Morgan fingerprint density at radius 3 is 2.08 bits per heavy atom. The largest absolute Gasteiger partial charge is 0.497 e. The molecule has 0 atom stereocenters. The molecule has 4 aromatic rings. The minimum Gasteiger partial charge on any atom is -0.497 e. The van der Waals surface area contributed by atoms with Crippen LogP contribution in [0.15, 0.2) is 101 Å². The highest BCUT2D eigenvalue weighted by Gasteiger charge is 2.32. The monoisotopic (exact) mass is 573 g/mol. The van der Waals surface area contributed by atoms with Crippen molar-refractivity contribution in [2.24, 2.45) is 0 Å². The first kappa shape index (κ1) is 27.5. The maximum absolute atomic E-state index is 13.6. The van der Waals surface area contributed by atoms with Crippen LogP contribution in [-0.4, -0.2) is 29.9 Å². The Balaban J connectivity index is 1.68. The third-order valence-electron chi connectivity index (χ3n) is 5.47. The summed E-state index contributed by atoms with van der Waals surface area (Å²) in [4.78, 5) is 12.8. The summed E-state index contributed by atoms with van der Waals surface area (Å²) in [6.45, 7) is 0. The van der Waals surface area contributed by atoms with Gasteiger partial charge in [-0.25, -0.2) is 25.6 Å². The van der Waals surface area contributed by atoms with Gasteiger partial charge in [-0.3, -0.25) is 9.52 Å². The zero-order valence-corrected chi connectivity index (χ0v) is 21.8. The summed E-state index contributed by atoms with van der Waals surface area (Å²) < 4.78 is 86.9. The van der Waals surface area contributed by atoms with Crippen LogP contribution in [0, 0.1) is 11.6 Å². The summed E-state index contributed by atoms with van der Waals surface area (Å²) in [6.07, 6.45) is 0. The standard InChI is InChI=1S/C26H21F2N3O6S2/c1-37-21-11-9-20(10-12-21)31(39(35,36)23-4-2-3-18(29)15-23)26(32)17-5-7-19(8-6-17)30-38(33,34)22-13-14-24(27)25(28)16-22/h2-16,30H,29H2,1H3. The number of nitrogens with one attached hydrogen (secondary N) is 1. The number of hydrogen-bond donors (Lipinski definition) is 2. The van der Waals surface area contributed by atoms with Gasteiger partial charge in [0.15, 0.2) is 11.6 Å². The number of nitrogens with two attached hydrogens (primary N) is 1. The molecule has 0 bridgehead atoms. The lowest BCUT2D eigenvalue weighted by molar-refractivity contribution is 0.101. The lowest BCUT2D eigenvalue weighted by Gasteiger charge is -2.23. The van der Waals surface area contributed by atoms with E-state index in [0.29, 0.717) is 22.2 Å². The van der Waals surface area contributed by atoms with Gasteiger partial charge in [-0.1, -0.05) is 6.07 Å². The maximum Gasteiger partial charge on any atom is 0.272 e. The summed E-state index contributed by atoms with van der Waals surface area (Å²) in [6, 6.07) is 18.2. The number of amides is 1. The van der Waals surface area contributed by atoms with E-state index in [0.717, 1.165) is 6.07 Å². The highest BCUT2D eigenvalue weighted by molar-refractivity contribution is 7.93. The molecule has 0 heterocycles. The van der Waals surface area contributed by atoms with E-state index in [1.165, 1.54) is 79.9 Å². The minimum absolute atomic E-state index is 0.00836. The number of carbonyl (C=O) groups is 1. The predicted octanol–water partition coefficient (Wildman–Crippen LogP) is 4.39. The van der Waals surface area contributed by atoms with Crippen LogP contribution in [0.1, 0.15) is 10.4 Å². The Labute approximate surface area is 223 Å². The number of nitrogens with zero attached hydrogens (tertiary/aromatic N) is 1. The summed E-state index contributed by atoms with van der Waals surface area (Å²) in [5.74, 6) is -3.03. The predicted molar refractivity (Wildman–Crippen MR) is 141 cm³/mol. The SMILES string of the molecule is COc1ccc(N(C(=O)c2ccc(NS(=O)(=O)c3ccc(F)c(F)c3)cc2)S(=O)(=O)c2cccc(N)c2)cc1. The van der Waals surface area contributed by atoms with Gasteiger partial charge >= 0.3 is 0 Å². The number of halogens is 2. The number of anilines is 3. The fourth-order valence-corrected chi connectivity index (χ4v) is 6.06. The van der Waals surface area contributed by atoms with E-state index >= 15 is 0 Å². The molecule has 0 aromatic heterocycles. The van der Waals surface area contributed by atoms with Crippen molar-refractivity contribution >= 4 is 43.0 Å². The van der Waals surface area contributed by atoms with Gasteiger partial charge in [0.1, 0.15) is 5.75 Å². The normalized spacial score (nSPS) is 11.6. The van der Waals surface area contributed by atoms with E-state index in [4.69, 9.17) is 10.5 Å². The second-order valence-electron chi connectivity index (χ2n) is 8.10. The molecule has 3 N–H and O–H groups in total. The van der Waals surface area contributed by atoms with E-state index in [1.807, 2.05) is 0 Å². The third-order valence-corrected chi connectivity index (χ3v) is 8.56. The molecule has 0 unspecified atom stereocenters. The van der Waals surface area contributed by atoms with Crippen molar-refractivity contribution in [3.63, 3.8) is 0 Å². The van der Waals surface area contributed by atoms with Crippen LogP contribution in [0.5, 0.6) is 5.75 Å². The molecule has 1 amide bonds. The molecule has 9 nitrogen and oxygen atoms in total. The van der Waals surface area contributed by atoms with Crippen LogP contribution in [0.4, 0.5) is 25.8 Å². The fraction of sp³-hybridized carbons (Fsp3) is 0.0385. The number of carbonyl (C=O) groups excluding carboxylic acids is 1. The van der Waals surface area contributed by atoms with Crippen LogP contribution in [0.3, 0.4) is 0 Å². The number of ether oxygens (including phenoxy) is 1. The van der Waals surface area contributed by atoms with Crippen molar-refractivity contribution in [3.05, 3.63) is 108 Å². The van der Waals surface area contributed by atoms with E-state index in [1.54, 1.807) is 0 Å². The van der Waals surface area contributed by atoms with Gasteiger partial charge in [0.25, 0.3) is 26.0 Å². The summed E-state index contributed by atoms with van der Waals surface area (Å²) >= 11 is 0. The Hall–Kier alpha value is -4.49. The Kier molecular flexibility index (Phi) is 7.56. The second kappa shape index (κ2) is 10.7. The third kappa shape index (κ3) is 5.84. The van der Waals surface area contributed by atoms with E-state index in [9.17, 15) is 30.4 Å². The number of nitrogen functional groups attached to an aromatic ring is 1. The quantitative estimate of drug-likeness (QED) is 0.298. The topological polar surface area (TPSA) is 136 Å². The van der Waals surface area contributed by atoms with Crippen molar-refractivity contribution in [1.82, 2.24) is 0 Å². The average molecular weight is 574 g/mol. The molecule has 0 saturated carbocycles. The van der Waals surface area contributed by atoms with Gasteiger partial charge < -0.3 is 10.5 Å². The van der Waals surface area contributed by atoms with Crippen molar-refractivity contribution in [2.45, 2.75) is 9.79 Å². The molecule has 4 aromatic carbocycles. The zero-order chi connectivity index (χ0) is 28.4. The molecule has 202 valence electrons. The van der Waals surface area contributed by atoms with Crippen molar-refractivity contribution < 1.29 is 35.1 Å². The molecule has 13 heteroatoms. The molecular weight excluding hydrogens is 552 g/mol. The first-order valence-electron chi connectivity index (χ1n) is 11.1. The molecule has 0 fully saturated rings. The lowest BCUT2D eigenvalue weighted by atomic mass is 10.2. The van der Waals surface area contributed by atoms with Gasteiger partial charge in [-0.05, 0) is 84.9 Å². The first-order valence-corrected chi connectivity index (χ1v) is 14.0. The Morgan fingerprint density at radius 2 is 1.49 bits per heavy atom. The maximum atomic E-state index is 13.6. The highest BCUT2D eigenvalue weighted by atomic mass is 32.2. The van der Waals surface area contributed by atoms with Crippen LogP contribution in [-0.2, 0) is 20.0 Å². The van der Waals surface area contributed by atoms with E-state index in [-0.39, 0.29) is 27.5 Å². The van der Waals surface area contributed by atoms with E-state index < -0.39 is 42.5 Å². The smallest absolute Gasteiger partial charge is 0.272 e. The molecule has 0 saturated heterocycles. The molecule has 0 spiro atoms. The zero-order valence-electron chi connectivity index (χ0n) is 20.2. The van der Waals surface area contributed by atoms with Crippen molar-refractivity contribution in [3.8, 4) is 5.75 Å². The number of rotatable bonds is 8. The second-order valence-corrected chi connectivity index (χ2v) is 11.6.